The van der Waals surface area contributed by atoms with E-state index in [9.17, 15) is 9.18 Å². The van der Waals surface area contributed by atoms with Crippen molar-refractivity contribution in [3.63, 3.8) is 0 Å². The number of para-hydroxylation sites is 1. The Hall–Kier alpha value is -3.07. The van der Waals surface area contributed by atoms with Gasteiger partial charge < -0.3 is 15.1 Å². The van der Waals surface area contributed by atoms with Gasteiger partial charge in [0, 0.05) is 31.9 Å². The van der Waals surface area contributed by atoms with E-state index in [0.29, 0.717) is 37.4 Å². The smallest absolute Gasteiger partial charge is 0.241 e. The molecule has 0 atom stereocenters. The lowest BCUT2D eigenvalue weighted by atomic mass is 10.2. The minimum Gasteiger partial charge on any atom is -0.376 e. The van der Waals surface area contributed by atoms with Gasteiger partial charge in [0.15, 0.2) is 0 Å². The maximum atomic E-state index is 13.8. The van der Waals surface area contributed by atoms with E-state index in [-0.39, 0.29) is 18.3 Å². The van der Waals surface area contributed by atoms with Crippen molar-refractivity contribution in [2.45, 2.75) is 0 Å². The minimum absolute atomic E-state index is 0.00413. The number of carbonyl (C=O) groups is 1. The van der Waals surface area contributed by atoms with Crippen molar-refractivity contribution in [2.75, 3.05) is 42.9 Å². The third-order valence-corrected chi connectivity index (χ3v) is 4.26. The molecular formula is C19H19FN4O. The molecule has 0 aliphatic carbocycles. The van der Waals surface area contributed by atoms with Crippen molar-refractivity contribution in [2.24, 2.45) is 0 Å². The predicted octanol–water partition coefficient (Wildman–Crippen LogP) is 2.46. The van der Waals surface area contributed by atoms with Gasteiger partial charge in [-0.3, -0.25) is 4.79 Å². The Morgan fingerprint density at radius 1 is 1.12 bits per heavy atom. The molecule has 0 aromatic heterocycles. The summed E-state index contributed by atoms with van der Waals surface area (Å²) in [7, 11) is 0. The Balaban J connectivity index is 1.52. The van der Waals surface area contributed by atoms with E-state index >= 15 is 0 Å². The number of benzene rings is 2. The van der Waals surface area contributed by atoms with Crippen LogP contribution in [0.3, 0.4) is 0 Å². The highest BCUT2D eigenvalue weighted by Gasteiger charge is 2.22. The Morgan fingerprint density at radius 3 is 2.60 bits per heavy atom. The first-order valence-electron chi connectivity index (χ1n) is 8.18. The molecule has 128 valence electrons. The highest BCUT2D eigenvalue weighted by molar-refractivity contribution is 5.81. The molecule has 0 radical (unpaired) electrons. The summed E-state index contributed by atoms with van der Waals surface area (Å²) in [6, 6.07) is 15.8. The average Bonchev–Trinajstić information content (AvgIpc) is 2.67. The van der Waals surface area contributed by atoms with Gasteiger partial charge in [-0.05, 0) is 30.3 Å². The lowest BCUT2D eigenvalue weighted by Gasteiger charge is -2.36. The van der Waals surface area contributed by atoms with Crippen LogP contribution >= 0.6 is 0 Å². The number of carbonyl (C=O) groups excluding carboxylic acids is 1. The second kappa shape index (κ2) is 7.67. The fraction of sp³-hybridized carbons (Fsp3) is 0.263. The van der Waals surface area contributed by atoms with Crippen LogP contribution in [0.1, 0.15) is 5.56 Å². The van der Waals surface area contributed by atoms with Gasteiger partial charge in [-0.1, -0.05) is 18.2 Å². The third kappa shape index (κ3) is 4.07. The van der Waals surface area contributed by atoms with Gasteiger partial charge in [-0.2, -0.15) is 5.26 Å². The fourth-order valence-corrected chi connectivity index (χ4v) is 2.89. The molecule has 2 aromatic rings. The lowest BCUT2D eigenvalue weighted by Crippen LogP contribution is -2.50. The van der Waals surface area contributed by atoms with Crippen molar-refractivity contribution in [3.8, 4) is 6.07 Å². The Kier molecular flexibility index (Phi) is 5.14. The SMILES string of the molecule is N#Cc1cccc(NCC(=O)N2CCN(c3ccccc3F)CC2)c1. The summed E-state index contributed by atoms with van der Waals surface area (Å²) in [6.07, 6.45) is 0. The van der Waals surface area contributed by atoms with E-state index in [1.54, 1.807) is 35.2 Å². The molecule has 1 heterocycles. The van der Waals surface area contributed by atoms with E-state index < -0.39 is 0 Å². The highest BCUT2D eigenvalue weighted by atomic mass is 19.1. The first-order chi connectivity index (χ1) is 12.2. The number of piperazine rings is 1. The summed E-state index contributed by atoms with van der Waals surface area (Å²) < 4.78 is 13.8. The molecule has 1 N–H and O–H groups in total. The minimum atomic E-state index is -0.235. The number of hydrogen-bond acceptors (Lipinski definition) is 4. The predicted molar refractivity (Wildman–Crippen MR) is 94.8 cm³/mol. The molecule has 1 fully saturated rings. The van der Waals surface area contributed by atoms with Crippen molar-refractivity contribution in [1.29, 1.82) is 5.26 Å². The van der Waals surface area contributed by atoms with E-state index in [1.165, 1.54) is 6.07 Å². The topological polar surface area (TPSA) is 59.4 Å². The molecule has 5 nitrogen and oxygen atoms in total. The lowest BCUT2D eigenvalue weighted by molar-refractivity contribution is -0.129. The number of amides is 1. The maximum Gasteiger partial charge on any atom is 0.241 e. The van der Waals surface area contributed by atoms with Crippen LogP contribution in [0.4, 0.5) is 15.8 Å². The largest absolute Gasteiger partial charge is 0.376 e. The van der Waals surface area contributed by atoms with Crippen LogP contribution in [0, 0.1) is 17.1 Å². The van der Waals surface area contributed by atoms with Crippen LogP contribution in [-0.2, 0) is 4.79 Å². The molecule has 1 amide bonds. The van der Waals surface area contributed by atoms with Crippen molar-refractivity contribution in [1.82, 2.24) is 4.90 Å². The summed E-state index contributed by atoms with van der Waals surface area (Å²) in [5, 5.41) is 11.9. The molecule has 0 saturated carbocycles. The molecular weight excluding hydrogens is 319 g/mol. The number of nitriles is 1. The maximum absolute atomic E-state index is 13.8. The molecule has 1 aliphatic rings. The number of hydrogen-bond donors (Lipinski definition) is 1. The van der Waals surface area contributed by atoms with Gasteiger partial charge in [0.25, 0.3) is 0 Å². The molecule has 1 saturated heterocycles. The van der Waals surface area contributed by atoms with Crippen LogP contribution in [0.15, 0.2) is 48.5 Å². The second-order valence-electron chi connectivity index (χ2n) is 5.87. The zero-order chi connectivity index (χ0) is 17.6. The van der Waals surface area contributed by atoms with E-state index in [4.69, 9.17) is 5.26 Å². The zero-order valence-corrected chi connectivity index (χ0v) is 13.8. The third-order valence-electron chi connectivity index (χ3n) is 4.26. The van der Waals surface area contributed by atoms with Gasteiger partial charge >= 0.3 is 0 Å². The molecule has 25 heavy (non-hydrogen) atoms. The standard InChI is InChI=1S/C19H19FN4O/c20-17-6-1-2-7-18(17)23-8-10-24(11-9-23)19(25)14-22-16-5-3-4-15(12-16)13-21/h1-7,12,22H,8-11,14H2. The van der Waals surface area contributed by atoms with Gasteiger partial charge in [-0.15, -0.1) is 0 Å². The average molecular weight is 338 g/mol. The summed E-state index contributed by atoms with van der Waals surface area (Å²) >= 11 is 0. The summed E-state index contributed by atoms with van der Waals surface area (Å²) in [5.74, 6) is -0.239. The monoisotopic (exact) mass is 338 g/mol. The molecule has 0 spiro atoms. The van der Waals surface area contributed by atoms with E-state index in [1.807, 2.05) is 17.0 Å². The van der Waals surface area contributed by atoms with Gasteiger partial charge in [0.2, 0.25) is 5.91 Å². The molecule has 0 unspecified atom stereocenters. The molecule has 0 bridgehead atoms. The summed E-state index contributed by atoms with van der Waals surface area (Å²) in [6.45, 7) is 2.52. The van der Waals surface area contributed by atoms with Crippen LogP contribution < -0.4 is 10.2 Å². The van der Waals surface area contributed by atoms with Crippen LogP contribution in [-0.4, -0.2) is 43.5 Å². The second-order valence-corrected chi connectivity index (χ2v) is 5.87. The molecule has 6 heteroatoms. The molecule has 2 aromatic carbocycles. The van der Waals surface area contributed by atoms with Gasteiger partial charge in [0.05, 0.1) is 23.9 Å². The van der Waals surface area contributed by atoms with Crippen LogP contribution in [0.5, 0.6) is 0 Å². The number of rotatable bonds is 4. The normalized spacial score (nSPS) is 14.1. The van der Waals surface area contributed by atoms with E-state index in [0.717, 1.165) is 5.69 Å². The first kappa shape index (κ1) is 16.8. The van der Waals surface area contributed by atoms with Gasteiger partial charge in [0.1, 0.15) is 5.82 Å². The number of anilines is 2. The summed E-state index contributed by atoms with van der Waals surface area (Å²) in [4.78, 5) is 16.1. The van der Waals surface area contributed by atoms with Crippen molar-refractivity contribution >= 4 is 17.3 Å². The van der Waals surface area contributed by atoms with Crippen molar-refractivity contribution in [3.05, 3.63) is 59.9 Å². The number of nitrogens with zero attached hydrogens (tertiary/aromatic N) is 3. The summed E-state index contributed by atoms with van der Waals surface area (Å²) in [5.41, 5.74) is 1.88. The molecule has 3 rings (SSSR count). The van der Waals surface area contributed by atoms with Crippen molar-refractivity contribution < 1.29 is 9.18 Å². The highest BCUT2D eigenvalue weighted by Crippen LogP contribution is 2.20. The number of halogens is 1. The van der Waals surface area contributed by atoms with Crippen LogP contribution in [0.25, 0.3) is 0 Å². The van der Waals surface area contributed by atoms with E-state index in [2.05, 4.69) is 11.4 Å². The first-order valence-corrected chi connectivity index (χ1v) is 8.18. The Morgan fingerprint density at radius 2 is 1.88 bits per heavy atom. The van der Waals surface area contributed by atoms with Crippen LogP contribution in [0.2, 0.25) is 0 Å². The van der Waals surface area contributed by atoms with Gasteiger partial charge in [-0.25, -0.2) is 4.39 Å². The fourth-order valence-electron chi connectivity index (χ4n) is 2.89. The Bertz CT molecular complexity index is 794. The number of nitrogens with one attached hydrogen (secondary N) is 1. The Labute approximate surface area is 146 Å². The molecule has 1 aliphatic heterocycles. The zero-order valence-electron chi connectivity index (χ0n) is 13.8. The quantitative estimate of drug-likeness (QED) is 0.930.